The number of imidazole rings is 1. The second-order valence-corrected chi connectivity index (χ2v) is 9.59. The number of carbonyl (C=O) groups is 1. The molecule has 0 unspecified atom stereocenters. The van der Waals surface area contributed by atoms with Crippen molar-refractivity contribution in [3.05, 3.63) is 65.3 Å². The summed E-state index contributed by atoms with van der Waals surface area (Å²) < 4.78 is 16.0. The van der Waals surface area contributed by atoms with E-state index in [-0.39, 0.29) is 16.8 Å². The molecule has 6 heterocycles. The molecule has 9 nitrogen and oxygen atoms in total. The van der Waals surface area contributed by atoms with Gasteiger partial charge in [-0.3, -0.25) is 14.9 Å². The van der Waals surface area contributed by atoms with E-state index in [0.29, 0.717) is 45.2 Å². The Balaban J connectivity index is 1.46. The summed E-state index contributed by atoms with van der Waals surface area (Å²) in [5, 5.41) is 10.6. The molecule has 184 valence electrons. The molecular weight excluding hydrogens is 491 g/mol. The summed E-state index contributed by atoms with van der Waals surface area (Å²) in [6, 6.07) is 7.46. The first-order chi connectivity index (χ1) is 18.0. The van der Waals surface area contributed by atoms with Gasteiger partial charge in [-0.15, -0.1) is 11.3 Å². The zero-order valence-corrected chi connectivity index (χ0v) is 20.8. The summed E-state index contributed by atoms with van der Waals surface area (Å²) in [5.74, 6) is -0.0660. The molecule has 0 aliphatic carbocycles. The molecule has 0 amide bonds. The third kappa shape index (κ3) is 4.07. The van der Waals surface area contributed by atoms with Crippen molar-refractivity contribution < 1.29 is 9.18 Å². The summed E-state index contributed by atoms with van der Waals surface area (Å²) in [6.45, 7) is 5.03. The number of Topliss-reactive ketones (excluding diaryl/α,β-unsaturated/α-hetero) is 1. The number of hydrogen-bond acceptors (Lipinski definition) is 8. The second kappa shape index (κ2) is 9.26. The Morgan fingerprint density at radius 2 is 2.00 bits per heavy atom. The Kier molecular flexibility index (Phi) is 5.78. The first-order valence-corrected chi connectivity index (χ1v) is 12.5. The van der Waals surface area contributed by atoms with Crippen LogP contribution >= 0.6 is 11.3 Å². The second-order valence-electron chi connectivity index (χ2n) is 8.51. The van der Waals surface area contributed by atoms with Gasteiger partial charge in [-0.1, -0.05) is 6.92 Å². The van der Waals surface area contributed by atoms with Crippen molar-refractivity contribution in [2.24, 2.45) is 0 Å². The van der Waals surface area contributed by atoms with Crippen LogP contribution in [0, 0.1) is 5.82 Å². The van der Waals surface area contributed by atoms with Crippen LogP contribution in [-0.2, 0) is 6.54 Å². The molecule has 6 rings (SSSR count). The number of aromatic amines is 2. The van der Waals surface area contributed by atoms with Gasteiger partial charge in [0.1, 0.15) is 11.5 Å². The molecule has 0 aliphatic heterocycles. The minimum atomic E-state index is -0.464. The van der Waals surface area contributed by atoms with E-state index in [1.807, 2.05) is 25.1 Å². The monoisotopic (exact) mass is 512 g/mol. The summed E-state index contributed by atoms with van der Waals surface area (Å²) in [6.07, 6.45) is 6.51. The van der Waals surface area contributed by atoms with Crippen molar-refractivity contribution in [3.8, 4) is 33.1 Å². The third-order valence-electron chi connectivity index (χ3n) is 6.05. The molecule has 3 N–H and O–H groups in total. The number of halogens is 1. The standard InChI is InChI=1S/C26H21FN8OS/c1-3-28-9-14-8-15(11-29-10-14)17-12-31-24-20(21(17)27)23(34-35-24)26-32-22-16(6-7-30-25(22)33-26)19-5-4-18(37-19)13(2)36/h4-8,10-12,28H,3,9H2,1-2H3,(H,30,32,33)(H,31,34,35). The SMILES string of the molecule is CCNCc1cncc(-c2cnc3n[nH]c(-c4nc5nccc(-c6ccc(C(C)=O)s6)c5[nH]4)c3c2F)c1. The van der Waals surface area contributed by atoms with E-state index in [1.165, 1.54) is 17.5 Å². The lowest BCUT2D eigenvalue weighted by molar-refractivity contribution is 0.102. The van der Waals surface area contributed by atoms with Crippen molar-refractivity contribution in [3.63, 3.8) is 0 Å². The normalized spacial score (nSPS) is 11.5. The van der Waals surface area contributed by atoms with Crippen molar-refractivity contribution in [1.29, 1.82) is 0 Å². The van der Waals surface area contributed by atoms with Crippen LogP contribution < -0.4 is 5.32 Å². The van der Waals surface area contributed by atoms with E-state index in [9.17, 15) is 4.79 Å². The molecule has 0 fully saturated rings. The smallest absolute Gasteiger partial charge is 0.184 e. The van der Waals surface area contributed by atoms with E-state index in [1.54, 1.807) is 31.6 Å². The lowest BCUT2D eigenvalue weighted by Gasteiger charge is -2.07. The predicted molar refractivity (Wildman–Crippen MR) is 141 cm³/mol. The van der Waals surface area contributed by atoms with Gasteiger partial charge in [0.2, 0.25) is 0 Å². The number of fused-ring (bicyclic) bond motifs is 2. The number of ketones is 1. The molecule has 0 saturated heterocycles. The number of rotatable bonds is 7. The lowest BCUT2D eigenvalue weighted by Crippen LogP contribution is -2.11. The highest BCUT2D eigenvalue weighted by Crippen LogP contribution is 2.36. The number of pyridine rings is 3. The summed E-state index contributed by atoms with van der Waals surface area (Å²) in [5.41, 5.74) is 4.52. The zero-order chi connectivity index (χ0) is 25.5. The van der Waals surface area contributed by atoms with Crippen LogP contribution in [0.1, 0.15) is 29.1 Å². The van der Waals surface area contributed by atoms with Crippen molar-refractivity contribution in [1.82, 2.24) is 40.4 Å². The maximum Gasteiger partial charge on any atom is 0.184 e. The van der Waals surface area contributed by atoms with Gasteiger partial charge in [0.05, 0.1) is 15.8 Å². The molecule has 0 atom stereocenters. The summed E-state index contributed by atoms with van der Waals surface area (Å²) in [4.78, 5) is 34.3. The number of thiophene rings is 1. The van der Waals surface area contributed by atoms with Gasteiger partial charge in [-0.2, -0.15) is 5.10 Å². The van der Waals surface area contributed by atoms with Crippen molar-refractivity contribution in [2.45, 2.75) is 20.4 Å². The molecule has 0 saturated carbocycles. The van der Waals surface area contributed by atoms with Gasteiger partial charge >= 0.3 is 0 Å². The Morgan fingerprint density at radius 1 is 1.11 bits per heavy atom. The molecule has 0 radical (unpaired) electrons. The van der Waals surface area contributed by atoms with Crippen LogP contribution in [0.4, 0.5) is 4.39 Å². The average Bonchev–Trinajstić information content (AvgIpc) is 3.65. The molecule has 0 bridgehead atoms. The lowest BCUT2D eigenvalue weighted by atomic mass is 10.1. The Labute approximate surface area is 214 Å². The molecule has 0 spiro atoms. The predicted octanol–water partition coefficient (Wildman–Crippen LogP) is 5.14. The van der Waals surface area contributed by atoms with Crippen LogP contribution in [0.2, 0.25) is 0 Å². The fourth-order valence-electron chi connectivity index (χ4n) is 4.23. The molecule has 0 aromatic carbocycles. The minimum Gasteiger partial charge on any atom is -0.335 e. The molecule has 6 aromatic rings. The maximum absolute atomic E-state index is 16.0. The largest absolute Gasteiger partial charge is 0.335 e. The molecule has 11 heteroatoms. The van der Waals surface area contributed by atoms with Gasteiger partial charge in [0.15, 0.2) is 22.9 Å². The highest BCUT2D eigenvalue weighted by molar-refractivity contribution is 7.17. The van der Waals surface area contributed by atoms with Gasteiger partial charge in [-0.25, -0.2) is 19.3 Å². The van der Waals surface area contributed by atoms with Gasteiger partial charge in [-0.05, 0) is 43.3 Å². The minimum absolute atomic E-state index is 0.0110. The van der Waals surface area contributed by atoms with Crippen LogP contribution in [0.5, 0.6) is 0 Å². The number of hydrogen-bond donors (Lipinski definition) is 3. The number of nitrogens with one attached hydrogen (secondary N) is 3. The summed E-state index contributed by atoms with van der Waals surface area (Å²) >= 11 is 1.40. The molecule has 0 aliphatic rings. The van der Waals surface area contributed by atoms with Crippen LogP contribution in [0.15, 0.2) is 49.1 Å². The highest BCUT2D eigenvalue weighted by Gasteiger charge is 2.21. The first-order valence-electron chi connectivity index (χ1n) is 11.7. The number of H-pyrrole nitrogens is 2. The first kappa shape index (κ1) is 23.1. The number of aromatic nitrogens is 7. The fourth-order valence-corrected chi connectivity index (χ4v) is 5.16. The number of nitrogens with zero attached hydrogens (tertiary/aromatic N) is 5. The maximum atomic E-state index is 16.0. The fraction of sp³-hybridized carbons (Fsp3) is 0.154. The van der Waals surface area contributed by atoms with Gasteiger partial charge in [0.25, 0.3) is 0 Å². The van der Waals surface area contributed by atoms with E-state index in [4.69, 9.17) is 0 Å². The highest BCUT2D eigenvalue weighted by atomic mass is 32.1. The molecule has 6 aromatic heterocycles. The molecular formula is C26H21FN8OS. The third-order valence-corrected chi connectivity index (χ3v) is 7.27. The van der Waals surface area contributed by atoms with Gasteiger partial charge in [0, 0.05) is 52.9 Å². The van der Waals surface area contributed by atoms with E-state index in [2.05, 4.69) is 40.4 Å². The van der Waals surface area contributed by atoms with Crippen molar-refractivity contribution >= 4 is 39.3 Å². The van der Waals surface area contributed by atoms with E-state index < -0.39 is 5.82 Å². The topological polar surface area (TPSA) is 125 Å². The average molecular weight is 513 g/mol. The molecule has 37 heavy (non-hydrogen) atoms. The van der Waals surface area contributed by atoms with Crippen LogP contribution in [0.25, 0.3) is 55.3 Å². The Bertz CT molecular complexity index is 1790. The Morgan fingerprint density at radius 3 is 2.81 bits per heavy atom. The summed E-state index contributed by atoms with van der Waals surface area (Å²) in [7, 11) is 0. The number of carbonyl (C=O) groups excluding carboxylic acids is 1. The van der Waals surface area contributed by atoms with Gasteiger partial charge < -0.3 is 10.3 Å². The quantitative estimate of drug-likeness (QED) is 0.253. The zero-order valence-electron chi connectivity index (χ0n) is 20.0. The van der Waals surface area contributed by atoms with E-state index >= 15 is 4.39 Å². The Hall–Kier alpha value is -4.35. The van der Waals surface area contributed by atoms with Crippen LogP contribution in [0.3, 0.4) is 0 Å². The van der Waals surface area contributed by atoms with Crippen LogP contribution in [-0.4, -0.2) is 47.4 Å². The van der Waals surface area contributed by atoms with Crippen molar-refractivity contribution in [2.75, 3.05) is 6.54 Å². The van der Waals surface area contributed by atoms with E-state index in [0.717, 1.165) is 22.5 Å².